The van der Waals surface area contributed by atoms with Gasteiger partial charge in [-0.15, -0.1) is 11.3 Å². The van der Waals surface area contributed by atoms with Crippen molar-refractivity contribution in [2.75, 3.05) is 6.54 Å². The summed E-state index contributed by atoms with van der Waals surface area (Å²) in [4.78, 5) is 0.936. The predicted octanol–water partition coefficient (Wildman–Crippen LogP) is 3.45. The van der Waals surface area contributed by atoms with Gasteiger partial charge in [0.2, 0.25) is 0 Å². The molecule has 0 amide bonds. The Hall–Kier alpha value is -1.23. The summed E-state index contributed by atoms with van der Waals surface area (Å²) in [6.07, 6.45) is 0. The molecule has 0 radical (unpaired) electrons. The molecule has 2 unspecified atom stereocenters. The quantitative estimate of drug-likeness (QED) is 0.878. The van der Waals surface area contributed by atoms with E-state index in [0.29, 0.717) is 6.54 Å². The number of benzene rings is 1. The van der Waals surface area contributed by atoms with Gasteiger partial charge in [-0.1, -0.05) is 18.2 Å². The van der Waals surface area contributed by atoms with Crippen LogP contribution in [0.3, 0.4) is 0 Å². The van der Waals surface area contributed by atoms with Crippen LogP contribution in [0.15, 0.2) is 41.8 Å². The summed E-state index contributed by atoms with van der Waals surface area (Å²) >= 11 is 1.54. The van der Waals surface area contributed by atoms with E-state index in [1.54, 1.807) is 19.1 Å². The number of thiophene rings is 1. The number of hydrogen-bond acceptors (Lipinski definition) is 3. The average molecular weight is 279 g/mol. The van der Waals surface area contributed by atoms with Gasteiger partial charge in [-0.3, -0.25) is 0 Å². The molecule has 2 N–H and O–H groups in total. The molecule has 0 bridgehead atoms. The highest BCUT2D eigenvalue weighted by Crippen LogP contribution is 2.25. The van der Waals surface area contributed by atoms with Gasteiger partial charge in [-0.2, -0.15) is 0 Å². The van der Waals surface area contributed by atoms with Crippen LogP contribution in [0.25, 0.3) is 0 Å². The first-order valence-corrected chi connectivity index (χ1v) is 7.12. The Morgan fingerprint density at radius 3 is 2.58 bits per heavy atom. The van der Waals surface area contributed by atoms with Crippen LogP contribution in [-0.2, 0) is 5.60 Å². The highest BCUT2D eigenvalue weighted by molar-refractivity contribution is 7.10. The lowest BCUT2D eigenvalue weighted by Gasteiger charge is -2.25. The second-order valence-electron chi connectivity index (χ2n) is 4.91. The van der Waals surface area contributed by atoms with Gasteiger partial charge >= 0.3 is 0 Å². The summed E-state index contributed by atoms with van der Waals surface area (Å²) in [6, 6.07) is 10.3. The molecule has 0 aliphatic rings. The van der Waals surface area contributed by atoms with E-state index in [1.165, 1.54) is 23.5 Å². The maximum atomic E-state index is 12.9. The Bertz CT molecular complexity index is 507. The third-order valence-electron chi connectivity index (χ3n) is 3.17. The standard InChI is InChI=1S/C15H18FNOS/c1-11(12-5-7-13(16)8-6-12)17-10-15(2,18)14-4-3-9-19-14/h3-9,11,17-18H,10H2,1-2H3. The van der Waals surface area contributed by atoms with E-state index in [1.807, 2.05) is 24.4 Å². The van der Waals surface area contributed by atoms with Crippen molar-refractivity contribution in [1.29, 1.82) is 0 Å². The van der Waals surface area contributed by atoms with Crippen molar-refractivity contribution >= 4 is 11.3 Å². The predicted molar refractivity (Wildman–Crippen MR) is 76.7 cm³/mol. The third-order valence-corrected chi connectivity index (χ3v) is 4.30. The van der Waals surface area contributed by atoms with E-state index in [4.69, 9.17) is 0 Å². The van der Waals surface area contributed by atoms with Crippen LogP contribution in [0, 0.1) is 5.82 Å². The molecule has 1 aromatic carbocycles. The molecule has 0 aliphatic carbocycles. The van der Waals surface area contributed by atoms with E-state index in [-0.39, 0.29) is 11.9 Å². The molecule has 2 nitrogen and oxygen atoms in total. The van der Waals surface area contributed by atoms with Gasteiger partial charge in [0.05, 0.1) is 0 Å². The summed E-state index contributed by atoms with van der Waals surface area (Å²) in [5.41, 5.74) is 0.117. The van der Waals surface area contributed by atoms with E-state index < -0.39 is 5.60 Å². The van der Waals surface area contributed by atoms with Gasteiger partial charge in [0.1, 0.15) is 11.4 Å². The molecule has 0 saturated heterocycles. The van der Waals surface area contributed by atoms with Crippen LogP contribution < -0.4 is 5.32 Å². The topological polar surface area (TPSA) is 32.3 Å². The minimum absolute atomic E-state index is 0.0621. The summed E-state index contributed by atoms with van der Waals surface area (Å²) in [6.45, 7) is 4.24. The van der Waals surface area contributed by atoms with Gasteiger partial charge in [0.25, 0.3) is 0 Å². The number of hydrogen-bond donors (Lipinski definition) is 2. The van der Waals surface area contributed by atoms with Gasteiger partial charge in [0.15, 0.2) is 0 Å². The van der Waals surface area contributed by atoms with Crippen molar-refractivity contribution in [2.24, 2.45) is 0 Å². The van der Waals surface area contributed by atoms with Crippen LogP contribution in [0.1, 0.15) is 30.3 Å². The zero-order valence-electron chi connectivity index (χ0n) is 11.1. The molecule has 2 aromatic rings. The summed E-state index contributed by atoms with van der Waals surface area (Å²) < 4.78 is 12.9. The molecule has 0 aliphatic heterocycles. The van der Waals surface area contributed by atoms with E-state index in [2.05, 4.69) is 5.32 Å². The fraction of sp³-hybridized carbons (Fsp3) is 0.333. The zero-order chi connectivity index (χ0) is 13.9. The second-order valence-corrected chi connectivity index (χ2v) is 5.85. The second kappa shape index (κ2) is 5.82. The van der Waals surface area contributed by atoms with Gasteiger partial charge in [0, 0.05) is 17.5 Å². The maximum Gasteiger partial charge on any atom is 0.123 e. The number of aliphatic hydroxyl groups is 1. The maximum absolute atomic E-state index is 12.9. The third kappa shape index (κ3) is 3.62. The zero-order valence-corrected chi connectivity index (χ0v) is 11.9. The molecule has 1 heterocycles. The van der Waals surface area contributed by atoms with Crippen LogP contribution in [-0.4, -0.2) is 11.7 Å². The highest BCUT2D eigenvalue weighted by atomic mass is 32.1. The first-order chi connectivity index (χ1) is 8.99. The molecule has 2 atom stereocenters. The van der Waals surface area contributed by atoms with Crippen molar-refractivity contribution in [2.45, 2.75) is 25.5 Å². The molecule has 0 spiro atoms. The molecule has 4 heteroatoms. The van der Waals surface area contributed by atoms with Crippen molar-refractivity contribution in [3.63, 3.8) is 0 Å². The first-order valence-electron chi connectivity index (χ1n) is 6.24. The van der Waals surface area contributed by atoms with Gasteiger partial charge in [-0.25, -0.2) is 4.39 Å². The Morgan fingerprint density at radius 2 is 2.00 bits per heavy atom. The molecule has 2 rings (SSSR count). The summed E-state index contributed by atoms with van der Waals surface area (Å²) in [5, 5.41) is 15.6. The fourth-order valence-electron chi connectivity index (χ4n) is 1.89. The minimum atomic E-state index is -0.886. The van der Waals surface area contributed by atoms with Crippen LogP contribution in [0.2, 0.25) is 0 Å². The molecule has 0 fully saturated rings. The smallest absolute Gasteiger partial charge is 0.123 e. The molecular weight excluding hydrogens is 261 g/mol. The van der Waals surface area contributed by atoms with Crippen LogP contribution in [0.4, 0.5) is 4.39 Å². The normalized spacial score (nSPS) is 16.0. The van der Waals surface area contributed by atoms with Gasteiger partial charge in [-0.05, 0) is 43.0 Å². The lowest BCUT2D eigenvalue weighted by atomic mass is 10.0. The first kappa shape index (κ1) is 14.2. The molecule has 102 valence electrons. The van der Waals surface area contributed by atoms with Crippen molar-refractivity contribution in [3.8, 4) is 0 Å². The number of halogens is 1. The van der Waals surface area contributed by atoms with Crippen molar-refractivity contribution in [3.05, 3.63) is 58.0 Å². The van der Waals surface area contributed by atoms with E-state index in [9.17, 15) is 9.50 Å². The lowest BCUT2D eigenvalue weighted by molar-refractivity contribution is 0.0581. The molecular formula is C15H18FNOS. The monoisotopic (exact) mass is 279 g/mol. The summed E-state index contributed by atoms with van der Waals surface area (Å²) in [7, 11) is 0. The van der Waals surface area contributed by atoms with Crippen LogP contribution in [0.5, 0.6) is 0 Å². The van der Waals surface area contributed by atoms with E-state index in [0.717, 1.165) is 10.4 Å². The molecule has 0 saturated carbocycles. The SMILES string of the molecule is CC(NCC(C)(O)c1cccs1)c1ccc(F)cc1. The largest absolute Gasteiger partial charge is 0.383 e. The highest BCUT2D eigenvalue weighted by Gasteiger charge is 2.24. The Kier molecular flexibility index (Phi) is 4.34. The van der Waals surface area contributed by atoms with E-state index >= 15 is 0 Å². The van der Waals surface area contributed by atoms with Crippen molar-refractivity contribution < 1.29 is 9.50 Å². The Balaban J connectivity index is 1.97. The fourth-order valence-corrected chi connectivity index (χ4v) is 2.68. The number of nitrogens with one attached hydrogen (secondary N) is 1. The van der Waals surface area contributed by atoms with Gasteiger partial charge < -0.3 is 10.4 Å². The minimum Gasteiger partial charge on any atom is -0.383 e. The lowest BCUT2D eigenvalue weighted by Crippen LogP contribution is -2.36. The number of rotatable bonds is 5. The average Bonchev–Trinajstić information content (AvgIpc) is 2.91. The Labute approximate surface area is 116 Å². The van der Waals surface area contributed by atoms with Crippen LogP contribution >= 0.6 is 11.3 Å². The molecule has 1 aromatic heterocycles. The summed E-state index contributed by atoms with van der Waals surface area (Å²) in [5.74, 6) is -0.235. The van der Waals surface area contributed by atoms with Crippen molar-refractivity contribution in [1.82, 2.24) is 5.32 Å². The Morgan fingerprint density at radius 1 is 1.32 bits per heavy atom. The molecule has 19 heavy (non-hydrogen) atoms.